The normalized spacial score (nSPS) is 15.5. The molecular weight excluding hydrogens is 400 g/mol. The minimum Gasteiger partial charge on any atom is -0.382 e. The van der Waals surface area contributed by atoms with Gasteiger partial charge in [0.1, 0.15) is 23.3 Å². The second-order valence-corrected chi connectivity index (χ2v) is 6.63. The number of nitrogens with zero attached hydrogens (tertiary/aromatic N) is 1. The van der Waals surface area contributed by atoms with E-state index in [9.17, 15) is 22.4 Å². The number of oxime groups is 1. The molecule has 0 saturated carbocycles. The third-order valence-corrected chi connectivity index (χ3v) is 4.59. The number of halogens is 4. The number of anilines is 1. The highest BCUT2D eigenvalue weighted by Gasteiger charge is 2.31. The topological polar surface area (TPSA) is 50.7 Å². The molecule has 0 aromatic heterocycles. The lowest BCUT2D eigenvalue weighted by atomic mass is 10.0. The molecule has 152 valence electrons. The molecule has 0 aliphatic carbocycles. The lowest BCUT2D eigenvalue weighted by Crippen LogP contribution is -2.28. The quantitative estimate of drug-likeness (QED) is 0.608. The fraction of sp³-hybridized carbons (Fsp3) is 0.0909. The summed E-state index contributed by atoms with van der Waals surface area (Å²) in [5.41, 5.74) is 0.355. The smallest absolute Gasteiger partial charge is 0.268 e. The molecule has 1 aliphatic heterocycles. The van der Waals surface area contributed by atoms with Gasteiger partial charge in [-0.05, 0) is 29.8 Å². The van der Waals surface area contributed by atoms with E-state index in [-0.39, 0.29) is 28.9 Å². The van der Waals surface area contributed by atoms with Crippen LogP contribution in [-0.2, 0) is 9.63 Å². The molecule has 30 heavy (non-hydrogen) atoms. The van der Waals surface area contributed by atoms with Crippen molar-refractivity contribution in [3.05, 3.63) is 89.5 Å². The summed E-state index contributed by atoms with van der Waals surface area (Å²) < 4.78 is 55.6. The predicted octanol–water partition coefficient (Wildman–Crippen LogP) is 5.04. The highest BCUT2D eigenvalue weighted by atomic mass is 19.1. The molecule has 1 atom stereocenters. The monoisotopic (exact) mass is 414 g/mol. The van der Waals surface area contributed by atoms with E-state index in [4.69, 9.17) is 4.84 Å². The Morgan fingerprint density at radius 2 is 1.63 bits per heavy atom. The Labute approximate surface area is 168 Å². The van der Waals surface area contributed by atoms with Crippen LogP contribution in [-0.4, -0.2) is 17.7 Å². The fourth-order valence-electron chi connectivity index (χ4n) is 3.15. The summed E-state index contributed by atoms with van der Waals surface area (Å²) in [4.78, 5) is 17.7. The largest absolute Gasteiger partial charge is 0.382 e. The summed E-state index contributed by atoms with van der Waals surface area (Å²) in [6, 6.07) is 13.0. The van der Waals surface area contributed by atoms with Gasteiger partial charge in [-0.3, -0.25) is 4.79 Å². The molecule has 4 nitrogen and oxygen atoms in total. The SMILES string of the molecule is O=C(Nc1c(F)cc(F)cc1-c1ccccc1)[C@H]1CC(c2cc(F)ccc2F)=NO1. The molecule has 1 N–H and O–H groups in total. The van der Waals surface area contributed by atoms with E-state index in [0.717, 1.165) is 24.3 Å². The first kappa shape index (κ1) is 19.6. The fourth-order valence-corrected chi connectivity index (χ4v) is 3.15. The van der Waals surface area contributed by atoms with Crippen molar-refractivity contribution in [2.24, 2.45) is 5.16 Å². The van der Waals surface area contributed by atoms with Crippen LogP contribution in [0.15, 0.2) is 65.8 Å². The first-order chi connectivity index (χ1) is 14.4. The van der Waals surface area contributed by atoms with Crippen LogP contribution in [0.4, 0.5) is 23.2 Å². The summed E-state index contributed by atoms with van der Waals surface area (Å²) in [6.07, 6.45) is -1.33. The van der Waals surface area contributed by atoms with Gasteiger partial charge in [-0.25, -0.2) is 17.6 Å². The van der Waals surface area contributed by atoms with E-state index in [1.165, 1.54) is 0 Å². The molecule has 0 unspecified atom stereocenters. The van der Waals surface area contributed by atoms with Crippen LogP contribution in [0.1, 0.15) is 12.0 Å². The predicted molar refractivity (Wildman–Crippen MR) is 103 cm³/mol. The summed E-state index contributed by atoms with van der Waals surface area (Å²) in [5.74, 6) is -3.89. The Hall–Kier alpha value is -3.68. The van der Waals surface area contributed by atoms with Gasteiger partial charge in [-0.2, -0.15) is 0 Å². The zero-order valence-corrected chi connectivity index (χ0v) is 15.3. The molecule has 8 heteroatoms. The third kappa shape index (κ3) is 3.89. The minimum absolute atomic E-state index is 0.0509. The zero-order chi connectivity index (χ0) is 21.3. The average Bonchev–Trinajstić information content (AvgIpc) is 3.22. The first-order valence-corrected chi connectivity index (χ1v) is 8.96. The first-order valence-electron chi connectivity index (χ1n) is 8.96. The van der Waals surface area contributed by atoms with E-state index in [0.29, 0.717) is 11.6 Å². The van der Waals surface area contributed by atoms with E-state index in [1.54, 1.807) is 30.3 Å². The molecule has 0 radical (unpaired) electrons. The Morgan fingerprint density at radius 1 is 0.900 bits per heavy atom. The van der Waals surface area contributed by atoms with Gasteiger partial charge in [0.05, 0.1) is 11.4 Å². The van der Waals surface area contributed by atoms with E-state index < -0.39 is 35.3 Å². The Balaban J connectivity index is 1.56. The van der Waals surface area contributed by atoms with Gasteiger partial charge in [-0.15, -0.1) is 0 Å². The minimum atomic E-state index is -1.18. The third-order valence-electron chi connectivity index (χ3n) is 4.59. The molecule has 4 rings (SSSR count). The molecule has 0 fully saturated rings. The van der Waals surface area contributed by atoms with Crippen LogP contribution in [0.2, 0.25) is 0 Å². The highest BCUT2D eigenvalue weighted by Crippen LogP contribution is 2.32. The second kappa shape index (κ2) is 7.98. The second-order valence-electron chi connectivity index (χ2n) is 6.63. The molecule has 1 amide bonds. The van der Waals surface area contributed by atoms with E-state index in [1.807, 2.05) is 0 Å². The molecule has 3 aromatic carbocycles. The number of carbonyl (C=O) groups excluding carboxylic acids is 1. The van der Waals surface area contributed by atoms with Crippen molar-refractivity contribution in [2.75, 3.05) is 5.32 Å². The van der Waals surface area contributed by atoms with Gasteiger partial charge in [0, 0.05) is 23.6 Å². The van der Waals surface area contributed by atoms with E-state index in [2.05, 4.69) is 10.5 Å². The van der Waals surface area contributed by atoms with Crippen LogP contribution in [0.25, 0.3) is 11.1 Å². The number of nitrogens with one attached hydrogen (secondary N) is 1. The van der Waals surface area contributed by atoms with Crippen LogP contribution in [0, 0.1) is 23.3 Å². The van der Waals surface area contributed by atoms with Crippen LogP contribution in [0.3, 0.4) is 0 Å². The number of rotatable bonds is 4. The molecule has 0 spiro atoms. The summed E-state index contributed by atoms with van der Waals surface area (Å²) in [6.45, 7) is 0. The maximum atomic E-state index is 14.5. The highest BCUT2D eigenvalue weighted by molar-refractivity contribution is 6.07. The van der Waals surface area contributed by atoms with Gasteiger partial charge in [0.25, 0.3) is 5.91 Å². The Kier molecular flexibility index (Phi) is 5.22. The maximum absolute atomic E-state index is 14.5. The molecule has 1 heterocycles. The number of carbonyl (C=O) groups is 1. The van der Waals surface area contributed by atoms with Gasteiger partial charge in [0.2, 0.25) is 6.10 Å². The molecule has 0 saturated heterocycles. The van der Waals surface area contributed by atoms with Crippen LogP contribution < -0.4 is 5.32 Å². The van der Waals surface area contributed by atoms with Crippen molar-refractivity contribution in [2.45, 2.75) is 12.5 Å². The summed E-state index contributed by atoms with van der Waals surface area (Å²) in [7, 11) is 0. The van der Waals surface area contributed by atoms with Gasteiger partial charge >= 0.3 is 0 Å². The summed E-state index contributed by atoms with van der Waals surface area (Å²) in [5, 5.41) is 6.06. The van der Waals surface area contributed by atoms with Crippen LogP contribution >= 0.6 is 0 Å². The standard InChI is InChI=1S/C22H14F4N2O2/c23-13-6-7-17(25)16(8-13)19-11-20(30-28-19)22(29)27-21-15(9-14(24)10-18(21)26)12-4-2-1-3-5-12/h1-10,20H,11H2,(H,27,29)/t20-/m1/s1. The molecule has 1 aliphatic rings. The zero-order valence-electron chi connectivity index (χ0n) is 15.3. The van der Waals surface area contributed by atoms with Crippen molar-refractivity contribution in [1.82, 2.24) is 0 Å². The van der Waals surface area contributed by atoms with Crippen molar-refractivity contribution >= 4 is 17.3 Å². The molecule has 3 aromatic rings. The van der Waals surface area contributed by atoms with Gasteiger partial charge in [0.15, 0.2) is 0 Å². The van der Waals surface area contributed by atoms with E-state index >= 15 is 0 Å². The lowest BCUT2D eigenvalue weighted by molar-refractivity contribution is -0.125. The van der Waals surface area contributed by atoms with Crippen molar-refractivity contribution < 1.29 is 27.2 Å². The average molecular weight is 414 g/mol. The lowest BCUT2D eigenvalue weighted by Gasteiger charge is -2.15. The van der Waals surface area contributed by atoms with Crippen molar-refractivity contribution in [3.8, 4) is 11.1 Å². The molecule has 0 bridgehead atoms. The number of benzene rings is 3. The van der Waals surface area contributed by atoms with Gasteiger partial charge in [-0.1, -0.05) is 35.5 Å². The molecular formula is C22H14F4N2O2. The summed E-state index contributed by atoms with van der Waals surface area (Å²) >= 11 is 0. The maximum Gasteiger partial charge on any atom is 0.268 e. The number of amides is 1. The number of hydrogen-bond acceptors (Lipinski definition) is 3. The van der Waals surface area contributed by atoms with Crippen LogP contribution in [0.5, 0.6) is 0 Å². The van der Waals surface area contributed by atoms with Crippen molar-refractivity contribution in [1.29, 1.82) is 0 Å². The Morgan fingerprint density at radius 3 is 2.40 bits per heavy atom. The Bertz CT molecular complexity index is 1150. The number of hydrogen-bond donors (Lipinski definition) is 1. The van der Waals surface area contributed by atoms with Gasteiger partial charge < -0.3 is 10.2 Å². The van der Waals surface area contributed by atoms with Crippen molar-refractivity contribution in [3.63, 3.8) is 0 Å².